The molecule has 0 fully saturated rings. The van der Waals surface area contributed by atoms with Gasteiger partial charge in [0.05, 0.1) is 6.40 Å². The van der Waals surface area contributed by atoms with Crippen molar-refractivity contribution in [3.8, 4) is 0 Å². The van der Waals surface area contributed by atoms with Gasteiger partial charge in [0, 0.05) is 1.37 Å². The number of carboxylic acid groups (broad SMARTS) is 1. The van der Waals surface area contributed by atoms with Gasteiger partial charge in [0.15, 0.2) is 0 Å². The third kappa shape index (κ3) is 3.21. The Balaban J connectivity index is 3.55. The number of hydrogen-bond donors (Lipinski definition) is 1. The molecule has 0 bridgehead atoms. The van der Waals surface area contributed by atoms with Gasteiger partial charge < -0.3 is 5.11 Å². The zero-order valence-electron chi connectivity index (χ0n) is 4.22. The van der Waals surface area contributed by atoms with Crippen molar-refractivity contribution < 1.29 is 11.3 Å². The fraction of sp³-hybridized carbons (Fsp3) is 0.250. The Kier molecular flexibility index (Phi) is 1.39. The van der Waals surface area contributed by atoms with Gasteiger partial charge in [-0.15, -0.1) is 6.58 Å². The summed E-state index contributed by atoms with van der Waals surface area (Å²) in [6.45, 7) is 3.11. The maximum atomic E-state index is 9.67. The molecule has 0 aliphatic rings. The van der Waals surface area contributed by atoms with Crippen LogP contribution in [0.1, 0.15) is 7.77 Å². The predicted molar refractivity (Wildman–Crippen MR) is 22.4 cm³/mol. The molecule has 0 aliphatic carbocycles. The molecule has 0 heterocycles. The highest BCUT2D eigenvalue weighted by molar-refractivity contribution is 5.68. The van der Waals surface area contributed by atoms with Crippen LogP contribution in [0.4, 0.5) is 0 Å². The van der Waals surface area contributed by atoms with Gasteiger partial charge in [0.1, 0.15) is 0 Å². The van der Waals surface area contributed by atoms with Crippen LogP contribution in [0.3, 0.4) is 0 Å². The lowest BCUT2D eigenvalue weighted by molar-refractivity contribution is -0.135. The van der Waals surface area contributed by atoms with E-state index in [1.807, 2.05) is 0 Å². The molecule has 0 aromatic rings. The zero-order valence-corrected chi connectivity index (χ0v) is 3.22. The lowest BCUT2D eigenvalue weighted by atomic mass is 10.4. The van der Waals surface area contributed by atoms with Crippen molar-refractivity contribution in [1.29, 1.82) is 0 Å². The molecule has 34 valence electrons. The molecule has 0 amide bonds. The van der Waals surface area contributed by atoms with Crippen LogP contribution >= 0.6 is 0 Å². The molecule has 1 atom stereocenters. The van der Waals surface area contributed by atoms with Crippen LogP contribution in [0.15, 0.2) is 12.7 Å². The Bertz CT molecular complexity index is 89.7. The van der Waals surface area contributed by atoms with Gasteiger partial charge in [-0.2, -0.15) is 0 Å². The maximum Gasteiger partial charge on any atom is 0.307 e. The lowest BCUT2D eigenvalue weighted by Crippen LogP contribution is -1.88. The molecule has 0 spiro atoms. The van der Waals surface area contributed by atoms with E-state index in [4.69, 9.17) is 6.48 Å². The summed E-state index contributed by atoms with van der Waals surface area (Å²) in [6, 6.07) is 0. The standard InChI is InChI=1S/C4H6O2/c1-2-3-4(5)6/h2H,1,3H2,(H,5,6)/i3D. The Labute approximate surface area is 37.5 Å². The molecule has 1 unspecified atom stereocenters. The molecule has 0 aliphatic heterocycles. The highest BCUT2D eigenvalue weighted by Gasteiger charge is 1.84. The van der Waals surface area contributed by atoms with Crippen LogP contribution in [0.2, 0.25) is 0 Å². The number of aliphatic carboxylic acids is 1. The van der Waals surface area contributed by atoms with Crippen molar-refractivity contribution in [1.82, 2.24) is 0 Å². The summed E-state index contributed by atoms with van der Waals surface area (Å²) in [5.41, 5.74) is 0. The lowest BCUT2D eigenvalue weighted by Gasteiger charge is -1.75. The van der Waals surface area contributed by atoms with E-state index in [2.05, 4.69) is 6.58 Å². The molecule has 2 nitrogen and oxygen atoms in total. The van der Waals surface area contributed by atoms with Crippen molar-refractivity contribution in [2.45, 2.75) is 6.40 Å². The van der Waals surface area contributed by atoms with Crippen molar-refractivity contribution in [2.75, 3.05) is 0 Å². The first-order valence-electron chi connectivity index (χ1n) is 2.04. The Morgan fingerprint density at radius 3 is 2.83 bits per heavy atom. The van der Waals surface area contributed by atoms with Crippen LogP contribution < -0.4 is 0 Å². The van der Waals surface area contributed by atoms with E-state index >= 15 is 0 Å². The van der Waals surface area contributed by atoms with Crippen LogP contribution in [0.25, 0.3) is 0 Å². The summed E-state index contributed by atoms with van der Waals surface area (Å²) in [5, 5.41) is 7.92. The van der Waals surface area contributed by atoms with Crippen LogP contribution in [0, 0.1) is 0 Å². The van der Waals surface area contributed by atoms with E-state index in [0.717, 1.165) is 6.08 Å². The molecular weight excluding hydrogens is 80.0 g/mol. The first-order chi connectivity index (χ1) is 3.18. The van der Waals surface area contributed by atoms with Crippen molar-refractivity contribution in [3.05, 3.63) is 12.7 Å². The molecule has 0 aromatic carbocycles. The number of carbonyl (C=O) groups is 1. The van der Waals surface area contributed by atoms with Gasteiger partial charge in [0.2, 0.25) is 0 Å². The van der Waals surface area contributed by atoms with Crippen molar-refractivity contribution in [3.63, 3.8) is 0 Å². The second kappa shape index (κ2) is 2.45. The minimum atomic E-state index is -1.17. The van der Waals surface area contributed by atoms with Gasteiger partial charge >= 0.3 is 5.97 Å². The summed E-state index contributed by atoms with van der Waals surface area (Å²) in [4.78, 5) is 9.67. The molecule has 0 rings (SSSR count). The fourth-order valence-electron chi connectivity index (χ4n) is 0.101. The minimum absolute atomic E-state index is 1.06. The van der Waals surface area contributed by atoms with E-state index < -0.39 is 12.4 Å². The van der Waals surface area contributed by atoms with Crippen LogP contribution in [-0.4, -0.2) is 11.1 Å². The topological polar surface area (TPSA) is 37.3 Å². The summed E-state index contributed by atoms with van der Waals surface area (Å²) < 4.78 is 6.56. The number of hydrogen-bond acceptors (Lipinski definition) is 1. The molecule has 1 N–H and O–H groups in total. The van der Waals surface area contributed by atoms with Crippen molar-refractivity contribution in [2.24, 2.45) is 0 Å². The molecule has 0 aromatic heterocycles. The average Bonchev–Trinajstić information content (AvgIpc) is 1.65. The largest absolute Gasteiger partial charge is 0.481 e. The fourth-order valence-corrected chi connectivity index (χ4v) is 0.101. The molecular formula is C4H6O2. The van der Waals surface area contributed by atoms with E-state index in [0.29, 0.717) is 0 Å². The van der Waals surface area contributed by atoms with E-state index in [1.165, 1.54) is 0 Å². The summed E-state index contributed by atoms with van der Waals surface area (Å²) in [5.74, 6) is -1.16. The van der Waals surface area contributed by atoms with E-state index in [9.17, 15) is 4.79 Å². The summed E-state index contributed by atoms with van der Waals surface area (Å²) in [7, 11) is 0. The molecule has 0 saturated carbocycles. The first-order valence-corrected chi connectivity index (χ1v) is 1.46. The Hall–Kier alpha value is -0.790. The third-order valence-electron chi connectivity index (χ3n) is 0.260. The highest BCUT2D eigenvalue weighted by atomic mass is 16.4. The predicted octanol–water partition coefficient (Wildman–Crippen LogP) is 0.647. The van der Waals surface area contributed by atoms with Gasteiger partial charge in [-0.25, -0.2) is 0 Å². The van der Waals surface area contributed by atoms with Gasteiger partial charge in [-0.1, -0.05) is 6.08 Å². The third-order valence-corrected chi connectivity index (χ3v) is 0.260. The maximum absolute atomic E-state index is 9.67. The van der Waals surface area contributed by atoms with Crippen LogP contribution in [-0.2, 0) is 4.79 Å². The van der Waals surface area contributed by atoms with Gasteiger partial charge in [-0.05, 0) is 0 Å². The molecule has 0 radical (unpaired) electrons. The number of rotatable bonds is 2. The summed E-state index contributed by atoms with van der Waals surface area (Å²) in [6.07, 6.45) is -0.109. The second-order valence-electron chi connectivity index (χ2n) is 0.741. The molecule has 2 heteroatoms. The molecule has 0 saturated heterocycles. The Morgan fingerprint density at radius 2 is 2.83 bits per heavy atom. The van der Waals surface area contributed by atoms with Crippen molar-refractivity contribution >= 4 is 5.97 Å². The second-order valence-corrected chi connectivity index (χ2v) is 0.741. The SMILES string of the molecule is [2H]C(C=C)C(=O)O. The number of carboxylic acids is 1. The van der Waals surface area contributed by atoms with E-state index in [-0.39, 0.29) is 0 Å². The Morgan fingerprint density at radius 1 is 2.33 bits per heavy atom. The highest BCUT2D eigenvalue weighted by Crippen LogP contribution is 1.74. The quantitative estimate of drug-likeness (QED) is 0.502. The normalized spacial score (nSPS) is 15.0. The smallest absolute Gasteiger partial charge is 0.307 e. The average molecular weight is 87.1 g/mol. The monoisotopic (exact) mass is 87.0 g/mol. The summed E-state index contributed by atoms with van der Waals surface area (Å²) >= 11 is 0. The first kappa shape index (κ1) is 3.40. The molecule has 6 heavy (non-hydrogen) atoms. The van der Waals surface area contributed by atoms with Gasteiger partial charge in [-0.3, -0.25) is 4.79 Å². The zero-order chi connectivity index (χ0) is 5.86. The minimum Gasteiger partial charge on any atom is -0.481 e. The van der Waals surface area contributed by atoms with Crippen LogP contribution in [0.5, 0.6) is 0 Å². The van der Waals surface area contributed by atoms with E-state index in [1.54, 1.807) is 0 Å². The van der Waals surface area contributed by atoms with Gasteiger partial charge in [0.25, 0.3) is 0 Å².